The highest BCUT2D eigenvalue weighted by Gasteiger charge is 2.34. The van der Waals surface area contributed by atoms with Crippen molar-refractivity contribution in [2.75, 3.05) is 36.4 Å². The molecule has 2 amide bonds. The molecule has 1 fully saturated rings. The second kappa shape index (κ2) is 9.84. The van der Waals surface area contributed by atoms with Gasteiger partial charge in [-0.25, -0.2) is 4.98 Å². The summed E-state index contributed by atoms with van der Waals surface area (Å²) in [5.74, 6) is -0.232. The summed E-state index contributed by atoms with van der Waals surface area (Å²) in [4.78, 5) is 33.2. The van der Waals surface area contributed by atoms with Crippen LogP contribution in [0.15, 0.2) is 71.3 Å². The molecular formula is C24H20BrF3N4O2. The Morgan fingerprint density at radius 1 is 0.912 bits per heavy atom. The molecule has 1 aliphatic heterocycles. The number of piperazine rings is 1. The van der Waals surface area contributed by atoms with Crippen molar-refractivity contribution in [3.05, 3.63) is 88.0 Å². The summed E-state index contributed by atoms with van der Waals surface area (Å²) in [5.41, 5.74) is -0.532. The second-order valence-electron chi connectivity index (χ2n) is 7.69. The average molecular weight is 533 g/mol. The van der Waals surface area contributed by atoms with Crippen molar-refractivity contribution >= 4 is 39.2 Å². The van der Waals surface area contributed by atoms with E-state index in [1.54, 1.807) is 29.2 Å². The fraction of sp³-hybridized carbons (Fsp3) is 0.208. The lowest BCUT2D eigenvalue weighted by atomic mass is 10.1. The van der Waals surface area contributed by atoms with Crippen LogP contribution < -0.4 is 10.2 Å². The maximum atomic E-state index is 13.2. The third-order valence-electron chi connectivity index (χ3n) is 5.46. The summed E-state index contributed by atoms with van der Waals surface area (Å²) in [6.07, 6.45) is -3.22. The number of hydrogen-bond donors (Lipinski definition) is 1. The molecule has 1 aromatic heterocycles. The molecule has 0 bridgehead atoms. The van der Waals surface area contributed by atoms with E-state index in [9.17, 15) is 22.8 Å². The Morgan fingerprint density at radius 3 is 2.21 bits per heavy atom. The number of carbonyl (C=O) groups excluding carboxylic acids is 2. The van der Waals surface area contributed by atoms with Gasteiger partial charge in [-0.15, -0.1) is 0 Å². The van der Waals surface area contributed by atoms with Crippen LogP contribution >= 0.6 is 15.9 Å². The van der Waals surface area contributed by atoms with Crippen LogP contribution in [-0.4, -0.2) is 47.9 Å². The largest absolute Gasteiger partial charge is 0.417 e. The first-order chi connectivity index (χ1) is 16.2. The van der Waals surface area contributed by atoms with Crippen molar-refractivity contribution in [3.63, 3.8) is 0 Å². The number of hydrogen-bond acceptors (Lipinski definition) is 4. The van der Waals surface area contributed by atoms with Gasteiger partial charge in [-0.3, -0.25) is 9.59 Å². The summed E-state index contributed by atoms with van der Waals surface area (Å²) in [6, 6.07) is 15.1. The van der Waals surface area contributed by atoms with Crippen LogP contribution in [-0.2, 0) is 6.18 Å². The van der Waals surface area contributed by atoms with E-state index in [1.807, 2.05) is 17.0 Å². The van der Waals surface area contributed by atoms with Crippen LogP contribution in [0, 0.1) is 0 Å². The highest BCUT2D eigenvalue weighted by Crippen LogP contribution is 2.32. The molecule has 0 radical (unpaired) electrons. The molecule has 0 aliphatic carbocycles. The number of nitrogens with one attached hydrogen (secondary N) is 1. The Hall–Kier alpha value is -3.40. The van der Waals surface area contributed by atoms with Crippen LogP contribution in [0.5, 0.6) is 0 Å². The Morgan fingerprint density at radius 2 is 1.59 bits per heavy atom. The smallest absolute Gasteiger partial charge is 0.353 e. The number of halogens is 4. The predicted octanol–water partition coefficient (Wildman–Crippen LogP) is 5.08. The number of pyridine rings is 1. The maximum Gasteiger partial charge on any atom is 0.417 e. The molecule has 1 N–H and O–H groups in total. The van der Waals surface area contributed by atoms with Gasteiger partial charge in [0.15, 0.2) is 0 Å². The SMILES string of the molecule is O=C(Nc1ccc(N2CCN(C(=O)c3ccc(Br)cc3)CC2)nc1)c1ccccc1C(F)(F)F. The number of nitrogens with zero attached hydrogens (tertiary/aromatic N) is 3. The first kappa shape index (κ1) is 23.7. The topological polar surface area (TPSA) is 65.5 Å². The molecule has 34 heavy (non-hydrogen) atoms. The molecule has 10 heteroatoms. The maximum absolute atomic E-state index is 13.2. The van der Waals surface area contributed by atoms with E-state index in [2.05, 4.69) is 26.2 Å². The van der Waals surface area contributed by atoms with Gasteiger partial charge in [0.25, 0.3) is 11.8 Å². The summed E-state index contributed by atoms with van der Waals surface area (Å²) in [5, 5.41) is 2.47. The Bertz CT molecular complexity index is 1180. The predicted molar refractivity (Wildman–Crippen MR) is 126 cm³/mol. The van der Waals surface area contributed by atoms with Crippen LogP contribution in [0.2, 0.25) is 0 Å². The van der Waals surface area contributed by atoms with Crippen LogP contribution in [0.25, 0.3) is 0 Å². The highest BCUT2D eigenvalue weighted by atomic mass is 79.9. The van der Waals surface area contributed by atoms with Crippen molar-refractivity contribution in [3.8, 4) is 0 Å². The third kappa shape index (κ3) is 5.39. The van der Waals surface area contributed by atoms with Crippen molar-refractivity contribution in [1.82, 2.24) is 9.88 Å². The number of rotatable bonds is 4. The lowest BCUT2D eigenvalue weighted by molar-refractivity contribution is -0.137. The molecule has 4 rings (SSSR count). The van der Waals surface area contributed by atoms with Crippen LogP contribution in [0.3, 0.4) is 0 Å². The molecule has 1 saturated heterocycles. The number of carbonyl (C=O) groups is 2. The average Bonchev–Trinajstić information content (AvgIpc) is 2.84. The minimum absolute atomic E-state index is 0.0303. The van der Waals surface area contributed by atoms with E-state index < -0.39 is 23.2 Å². The second-order valence-corrected chi connectivity index (χ2v) is 8.60. The van der Waals surface area contributed by atoms with E-state index >= 15 is 0 Å². The van der Waals surface area contributed by atoms with Crippen LogP contribution in [0.4, 0.5) is 24.7 Å². The molecule has 6 nitrogen and oxygen atoms in total. The summed E-state index contributed by atoms with van der Waals surface area (Å²) in [7, 11) is 0. The molecule has 176 valence electrons. The number of amides is 2. The zero-order valence-electron chi connectivity index (χ0n) is 17.8. The van der Waals surface area contributed by atoms with Gasteiger partial charge in [0, 0.05) is 36.2 Å². The summed E-state index contributed by atoms with van der Waals surface area (Å²) < 4.78 is 40.4. The molecule has 0 unspecified atom stereocenters. The van der Waals surface area contributed by atoms with E-state index in [1.165, 1.54) is 18.3 Å². The Labute approximate surface area is 202 Å². The van der Waals surface area contributed by atoms with Crippen molar-refractivity contribution in [1.29, 1.82) is 0 Å². The van der Waals surface area contributed by atoms with Crippen LogP contribution in [0.1, 0.15) is 26.3 Å². The van der Waals surface area contributed by atoms with Gasteiger partial charge in [-0.05, 0) is 48.5 Å². The van der Waals surface area contributed by atoms with Gasteiger partial charge in [-0.1, -0.05) is 28.1 Å². The van der Waals surface area contributed by atoms with Gasteiger partial charge in [-0.2, -0.15) is 13.2 Å². The van der Waals surface area contributed by atoms with Gasteiger partial charge in [0.2, 0.25) is 0 Å². The fourth-order valence-electron chi connectivity index (χ4n) is 3.69. The lowest BCUT2D eigenvalue weighted by Gasteiger charge is -2.35. The van der Waals surface area contributed by atoms with Gasteiger partial charge in [0.1, 0.15) is 5.82 Å². The highest BCUT2D eigenvalue weighted by molar-refractivity contribution is 9.10. The monoisotopic (exact) mass is 532 g/mol. The third-order valence-corrected chi connectivity index (χ3v) is 5.99. The normalized spacial score (nSPS) is 14.1. The van der Waals surface area contributed by atoms with Gasteiger partial charge < -0.3 is 15.1 Å². The number of anilines is 2. The first-order valence-electron chi connectivity index (χ1n) is 10.5. The lowest BCUT2D eigenvalue weighted by Crippen LogP contribution is -2.49. The van der Waals surface area contributed by atoms with Gasteiger partial charge in [0.05, 0.1) is 23.0 Å². The molecule has 0 atom stereocenters. The molecule has 2 aromatic carbocycles. The Balaban J connectivity index is 1.36. The summed E-state index contributed by atoms with van der Waals surface area (Å²) in [6.45, 7) is 2.23. The minimum Gasteiger partial charge on any atom is -0.353 e. The van der Waals surface area contributed by atoms with Crippen molar-refractivity contribution in [2.45, 2.75) is 6.18 Å². The molecule has 0 saturated carbocycles. The Kier molecular flexibility index (Phi) is 6.87. The zero-order valence-corrected chi connectivity index (χ0v) is 19.4. The zero-order chi connectivity index (χ0) is 24.3. The van der Waals surface area contributed by atoms with E-state index in [0.29, 0.717) is 37.6 Å². The first-order valence-corrected chi connectivity index (χ1v) is 11.2. The molecule has 3 aromatic rings. The quantitative estimate of drug-likeness (QED) is 0.509. The van der Waals surface area contributed by atoms with Gasteiger partial charge >= 0.3 is 6.18 Å². The number of benzene rings is 2. The van der Waals surface area contributed by atoms with Crippen molar-refractivity contribution in [2.24, 2.45) is 0 Å². The number of alkyl halides is 3. The van der Waals surface area contributed by atoms with Crippen molar-refractivity contribution < 1.29 is 22.8 Å². The fourth-order valence-corrected chi connectivity index (χ4v) is 3.95. The molecule has 1 aliphatic rings. The molecular weight excluding hydrogens is 513 g/mol. The molecule has 2 heterocycles. The minimum atomic E-state index is -4.63. The van der Waals surface area contributed by atoms with E-state index in [-0.39, 0.29) is 11.6 Å². The number of aromatic nitrogens is 1. The standard InChI is InChI=1S/C24H20BrF3N4O2/c25-17-7-5-16(6-8-17)23(34)32-13-11-31(12-14-32)21-10-9-18(15-29-21)30-22(33)19-3-1-2-4-20(19)24(26,27)28/h1-10,15H,11-14H2,(H,30,33). The summed E-state index contributed by atoms with van der Waals surface area (Å²) >= 11 is 3.36. The molecule has 0 spiro atoms. The van der Waals surface area contributed by atoms with E-state index in [0.717, 1.165) is 16.6 Å². The van der Waals surface area contributed by atoms with E-state index in [4.69, 9.17) is 0 Å².